The molecule has 0 saturated heterocycles. The maximum absolute atomic E-state index is 11.8. The Labute approximate surface area is 183 Å². The summed E-state index contributed by atoms with van der Waals surface area (Å²) in [6.07, 6.45) is 0.892. The van der Waals surface area contributed by atoms with Crippen LogP contribution >= 0.6 is 15.9 Å². The van der Waals surface area contributed by atoms with Gasteiger partial charge in [-0.15, -0.1) is 0 Å². The molecule has 0 aromatic heterocycles. The molecule has 0 spiro atoms. The largest absolute Gasteiger partial charge is 0.484 e. The van der Waals surface area contributed by atoms with E-state index in [9.17, 15) is 14.4 Å². The van der Waals surface area contributed by atoms with Crippen molar-refractivity contribution in [1.82, 2.24) is 10.9 Å². The summed E-state index contributed by atoms with van der Waals surface area (Å²) in [6, 6.07) is 11.8. The van der Waals surface area contributed by atoms with Gasteiger partial charge in [-0.2, -0.15) is 0 Å². The summed E-state index contributed by atoms with van der Waals surface area (Å²) in [5.41, 5.74) is 6.01. The molecule has 160 valence electrons. The maximum Gasteiger partial charge on any atom is 0.338 e. The molecular weight excluding hydrogens is 456 g/mol. The number of amides is 2. The third kappa shape index (κ3) is 7.40. The van der Waals surface area contributed by atoms with Gasteiger partial charge in [0.25, 0.3) is 11.8 Å². The van der Waals surface area contributed by atoms with Crippen LogP contribution in [0.2, 0.25) is 0 Å². The Morgan fingerprint density at radius 2 is 1.53 bits per heavy atom. The van der Waals surface area contributed by atoms with E-state index in [4.69, 9.17) is 14.2 Å². The first-order valence-electron chi connectivity index (χ1n) is 9.31. The van der Waals surface area contributed by atoms with Gasteiger partial charge in [-0.25, -0.2) is 4.79 Å². The highest BCUT2D eigenvalue weighted by Crippen LogP contribution is 2.26. The fourth-order valence-corrected chi connectivity index (χ4v) is 2.83. The molecule has 2 amide bonds. The van der Waals surface area contributed by atoms with Gasteiger partial charge >= 0.3 is 5.97 Å². The Bertz CT molecular complexity index is 886. The number of aryl methyl sites for hydroxylation is 1. The van der Waals surface area contributed by atoms with Gasteiger partial charge in [0, 0.05) is 0 Å². The summed E-state index contributed by atoms with van der Waals surface area (Å²) >= 11 is 3.39. The molecule has 8 nitrogen and oxygen atoms in total. The molecule has 30 heavy (non-hydrogen) atoms. The molecule has 0 aliphatic carbocycles. The lowest BCUT2D eigenvalue weighted by Crippen LogP contribution is -2.45. The summed E-state index contributed by atoms with van der Waals surface area (Å²) in [6.45, 7) is 3.48. The summed E-state index contributed by atoms with van der Waals surface area (Å²) in [4.78, 5) is 35.2. The minimum atomic E-state index is -0.550. The van der Waals surface area contributed by atoms with Gasteiger partial charge in [0.05, 0.1) is 16.6 Å². The van der Waals surface area contributed by atoms with Crippen molar-refractivity contribution in [2.45, 2.75) is 20.3 Å². The number of hydrogen-bond donors (Lipinski definition) is 2. The van der Waals surface area contributed by atoms with Crippen LogP contribution in [-0.4, -0.2) is 37.6 Å². The smallest absolute Gasteiger partial charge is 0.338 e. The number of halogens is 1. The van der Waals surface area contributed by atoms with Crippen molar-refractivity contribution in [3.05, 3.63) is 58.1 Å². The van der Waals surface area contributed by atoms with E-state index in [-0.39, 0.29) is 19.8 Å². The predicted octanol–water partition coefficient (Wildman–Crippen LogP) is 2.79. The number of ether oxygens (including phenoxy) is 3. The van der Waals surface area contributed by atoms with Crippen LogP contribution in [0.3, 0.4) is 0 Å². The highest BCUT2D eigenvalue weighted by Gasteiger charge is 2.10. The van der Waals surface area contributed by atoms with Gasteiger partial charge in [0.1, 0.15) is 11.5 Å². The predicted molar refractivity (Wildman–Crippen MR) is 113 cm³/mol. The standard InChI is InChI=1S/C21H23BrN2O6/c1-3-14-5-10-18(17(22)11-14)30-13-20(26)24-23-19(25)12-29-16-8-6-15(7-9-16)21(27)28-4-2/h5-11H,3-4,12-13H2,1-2H3,(H,23,25)(H,24,26). The number of carbonyl (C=O) groups is 3. The third-order valence-corrected chi connectivity index (χ3v) is 4.46. The molecular formula is C21H23BrN2O6. The number of nitrogens with one attached hydrogen (secondary N) is 2. The molecule has 0 saturated carbocycles. The molecule has 2 N–H and O–H groups in total. The summed E-state index contributed by atoms with van der Waals surface area (Å²) in [5.74, 6) is -0.573. The van der Waals surface area contributed by atoms with Crippen molar-refractivity contribution in [2.24, 2.45) is 0 Å². The Hall–Kier alpha value is -3.07. The Morgan fingerprint density at radius 3 is 2.10 bits per heavy atom. The zero-order valence-electron chi connectivity index (χ0n) is 16.7. The zero-order chi connectivity index (χ0) is 21.9. The Kier molecular flexibility index (Phi) is 9.14. The third-order valence-electron chi connectivity index (χ3n) is 3.84. The van der Waals surface area contributed by atoms with E-state index in [1.54, 1.807) is 25.1 Å². The van der Waals surface area contributed by atoms with Crippen molar-refractivity contribution in [1.29, 1.82) is 0 Å². The van der Waals surface area contributed by atoms with E-state index in [1.165, 1.54) is 12.1 Å². The summed E-state index contributed by atoms with van der Waals surface area (Å²) in [7, 11) is 0. The van der Waals surface area contributed by atoms with Crippen molar-refractivity contribution < 1.29 is 28.6 Å². The van der Waals surface area contributed by atoms with Crippen LogP contribution in [0.4, 0.5) is 0 Å². The van der Waals surface area contributed by atoms with E-state index in [1.807, 2.05) is 19.1 Å². The van der Waals surface area contributed by atoms with E-state index in [0.717, 1.165) is 16.5 Å². The summed E-state index contributed by atoms with van der Waals surface area (Å²) in [5, 5.41) is 0. The van der Waals surface area contributed by atoms with E-state index in [0.29, 0.717) is 17.1 Å². The highest BCUT2D eigenvalue weighted by atomic mass is 79.9. The molecule has 9 heteroatoms. The van der Waals surface area contributed by atoms with Gasteiger partial charge < -0.3 is 14.2 Å². The number of hydrogen-bond acceptors (Lipinski definition) is 6. The minimum absolute atomic E-state index is 0.263. The van der Waals surface area contributed by atoms with Crippen LogP contribution in [0.1, 0.15) is 29.8 Å². The molecule has 0 heterocycles. The zero-order valence-corrected chi connectivity index (χ0v) is 18.3. The van der Waals surface area contributed by atoms with Crippen LogP contribution in [0.5, 0.6) is 11.5 Å². The molecule has 0 aliphatic heterocycles. The van der Waals surface area contributed by atoms with Crippen molar-refractivity contribution in [2.75, 3.05) is 19.8 Å². The first-order valence-corrected chi connectivity index (χ1v) is 10.1. The molecule has 0 unspecified atom stereocenters. The summed E-state index contributed by atoms with van der Waals surface area (Å²) < 4.78 is 16.4. The Morgan fingerprint density at radius 1 is 0.900 bits per heavy atom. The molecule has 0 aliphatic rings. The maximum atomic E-state index is 11.8. The van der Waals surface area contributed by atoms with Crippen molar-refractivity contribution in [3.63, 3.8) is 0 Å². The first kappa shape index (κ1) is 23.2. The molecule has 0 radical (unpaired) electrons. The molecule has 0 atom stereocenters. The van der Waals surface area contributed by atoms with Gasteiger partial charge in [-0.05, 0) is 71.2 Å². The van der Waals surface area contributed by atoms with Gasteiger partial charge in [-0.1, -0.05) is 13.0 Å². The number of rotatable bonds is 9. The first-order chi connectivity index (χ1) is 14.4. The van der Waals surface area contributed by atoms with Crippen LogP contribution in [0.25, 0.3) is 0 Å². The van der Waals surface area contributed by atoms with E-state index >= 15 is 0 Å². The topological polar surface area (TPSA) is 103 Å². The normalized spacial score (nSPS) is 10.1. The average molecular weight is 479 g/mol. The monoisotopic (exact) mass is 478 g/mol. The molecule has 2 rings (SSSR count). The second-order valence-corrected chi connectivity index (χ2v) is 6.89. The highest BCUT2D eigenvalue weighted by molar-refractivity contribution is 9.10. The SMILES string of the molecule is CCOC(=O)c1ccc(OCC(=O)NNC(=O)COc2ccc(CC)cc2Br)cc1. The quantitative estimate of drug-likeness (QED) is 0.424. The van der Waals surface area contributed by atoms with Gasteiger partial charge in [0.15, 0.2) is 13.2 Å². The van der Waals surface area contributed by atoms with Crippen LogP contribution < -0.4 is 20.3 Å². The molecule has 2 aromatic rings. The fourth-order valence-electron chi connectivity index (χ4n) is 2.29. The molecule has 0 fully saturated rings. The fraction of sp³-hybridized carbons (Fsp3) is 0.286. The lowest BCUT2D eigenvalue weighted by atomic mass is 10.2. The van der Waals surface area contributed by atoms with E-state index in [2.05, 4.69) is 26.8 Å². The number of benzene rings is 2. The second kappa shape index (κ2) is 11.8. The number of carbonyl (C=O) groups excluding carboxylic acids is 3. The lowest BCUT2D eigenvalue weighted by molar-refractivity contribution is -0.131. The van der Waals surface area contributed by atoms with Gasteiger partial charge in [-0.3, -0.25) is 20.4 Å². The molecule has 0 bridgehead atoms. The van der Waals surface area contributed by atoms with Gasteiger partial charge in [0.2, 0.25) is 0 Å². The average Bonchev–Trinajstić information content (AvgIpc) is 2.75. The molecule has 2 aromatic carbocycles. The lowest BCUT2D eigenvalue weighted by Gasteiger charge is -2.11. The second-order valence-electron chi connectivity index (χ2n) is 6.04. The number of hydrazine groups is 1. The van der Waals surface area contributed by atoms with Crippen molar-refractivity contribution in [3.8, 4) is 11.5 Å². The van der Waals surface area contributed by atoms with Crippen LogP contribution in [-0.2, 0) is 20.7 Å². The van der Waals surface area contributed by atoms with Crippen LogP contribution in [0, 0.1) is 0 Å². The Balaban J connectivity index is 1.70. The number of esters is 1. The minimum Gasteiger partial charge on any atom is -0.484 e. The van der Waals surface area contributed by atoms with Crippen molar-refractivity contribution >= 4 is 33.7 Å². The van der Waals surface area contributed by atoms with Crippen LogP contribution in [0.15, 0.2) is 46.9 Å². The van der Waals surface area contributed by atoms with E-state index < -0.39 is 17.8 Å².